The molecular weight excluding hydrogens is 366 g/mol. The number of benzene rings is 2. The number of piperidine rings is 1. The van der Waals surface area contributed by atoms with Crippen molar-refractivity contribution < 1.29 is 9.53 Å². The van der Waals surface area contributed by atoms with Gasteiger partial charge in [0, 0.05) is 31.5 Å². The lowest BCUT2D eigenvalue weighted by molar-refractivity contribution is 0.0332. The van der Waals surface area contributed by atoms with Gasteiger partial charge in [0.1, 0.15) is 11.4 Å². The molecule has 0 unspecified atom stereocenters. The number of fused-ring (bicyclic) bond motifs is 1. The van der Waals surface area contributed by atoms with Gasteiger partial charge in [-0.2, -0.15) is 0 Å². The van der Waals surface area contributed by atoms with Crippen LogP contribution in [0.4, 0.5) is 0 Å². The number of likely N-dealkylation sites (tertiary alicyclic amines) is 1. The second-order valence-electron chi connectivity index (χ2n) is 7.39. The standard InChI is InChI=1S/C24H21NO2S/c26-23(22-7-4-16-28-22)25-14-12-24(13-15-25)11-10-20-17-19(8-9-21(20)27-24)18-5-2-1-3-6-18/h1-11,16-17H,12-15H2. The number of rotatable bonds is 2. The lowest BCUT2D eigenvalue weighted by Crippen LogP contribution is -2.49. The average Bonchev–Trinajstić information content (AvgIpc) is 3.29. The number of ether oxygens (including phenoxy) is 1. The van der Waals surface area contributed by atoms with Crippen LogP contribution in [0.15, 0.2) is 72.1 Å². The summed E-state index contributed by atoms with van der Waals surface area (Å²) in [5, 5.41) is 1.95. The molecule has 2 aromatic carbocycles. The molecule has 140 valence electrons. The summed E-state index contributed by atoms with van der Waals surface area (Å²) in [4.78, 5) is 15.3. The van der Waals surface area contributed by atoms with Crippen molar-refractivity contribution in [3.63, 3.8) is 0 Å². The number of nitrogens with zero attached hydrogens (tertiary/aromatic N) is 1. The van der Waals surface area contributed by atoms with E-state index in [1.807, 2.05) is 28.5 Å². The van der Waals surface area contributed by atoms with Crippen molar-refractivity contribution in [1.29, 1.82) is 0 Å². The van der Waals surface area contributed by atoms with E-state index in [4.69, 9.17) is 4.74 Å². The van der Waals surface area contributed by atoms with E-state index in [0.717, 1.165) is 42.1 Å². The van der Waals surface area contributed by atoms with Crippen molar-refractivity contribution in [2.45, 2.75) is 18.4 Å². The largest absolute Gasteiger partial charge is 0.482 e. The van der Waals surface area contributed by atoms with E-state index in [1.54, 1.807) is 0 Å². The van der Waals surface area contributed by atoms with Crippen LogP contribution in [0.1, 0.15) is 28.1 Å². The third-order valence-electron chi connectivity index (χ3n) is 5.63. The first-order chi connectivity index (χ1) is 13.7. The van der Waals surface area contributed by atoms with Gasteiger partial charge in [0.2, 0.25) is 0 Å². The van der Waals surface area contributed by atoms with E-state index >= 15 is 0 Å². The Hall–Kier alpha value is -2.85. The zero-order chi connectivity index (χ0) is 19.0. The lowest BCUT2D eigenvalue weighted by Gasteiger charge is -2.41. The fourth-order valence-electron chi connectivity index (χ4n) is 3.99. The van der Waals surface area contributed by atoms with Crippen LogP contribution in [-0.2, 0) is 0 Å². The van der Waals surface area contributed by atoms with Gasteiger partial charge in [-0.25, -0.2) is 0 Å². The van der Waals surface area contributed by atoms with E-state index in [0.29, 0.717) is 0 Å². The SMILES string of the molecule is O=C(c1cccs1)N1CCC2(C=Cc3cc(-c4ccccc4)ccc3O2)CC1. The van der Waals surface area contributed by atoms with Crippen LogP contribution < -0.4 is 4.74 Å². The summed E-state index contributed by atoms with van der Waals surface area (Å²) in [5.41, 5.74) is 3.22. The van der Waals surface area contributed by atoms with E-state index in [2.05, 4.69) is 54.6 Å². The normalized spacial score (nSPS) is 17.2. The maximum Gasteiger partial charge on any atom is 0.263 e. The highest BCUT2D eigenvalue weighted by atomic mass is 32.1. The molecule has 0 radical (unpaired) electrons. The predicted molar refractivity (Wildman–Crippen MR) is 114 cm³/mol. The zero-order valence-electron chi connectivity index (χ0n) is 15.5. The molecule has 1 spiro atoms. The summed E-state index contributed by atoms with van der Waals surface area (Å²) in [6.07, 6.45) is 6.01. The minimum Gasteiger partial charge on any atom is -0.482 e. The molecule has 2 aliphatic rings. The Kier molecular flexibility index (Phi) is 4.29. The summed E-state index contributed by atoms with van der Waals surface area (Å²) in [7, 11) is 0. The average molecular weight is 388 g/mol. The first kappa shape index (κ1) is 17.3. The monoisotopic (exact) mass is 387 g/mol. The Bertz CT molecular complexity index is 1020. The van der Waals surface area contributed by atoms with Gasteiger partial charge in [-0.15, -0.1) is 11.3 Å². The Morgan fingerprint density at radius 1 is 0.964 bits per heavy atom. The fraction of sp³-hybridized carbons (Fsp3) is 0.208. The Labute approximate surface area is 168 Å². The molecule has 0 bridgehead atoms. The van der Waals surface area contributed by atoms with Crippen molar-refractivity contribution in [2.75, 3.05) is 13.1 Å². The minimum atomic E-state index is -0.298. The highest BCUT2D eigenvalue weighted by Crippen LogP contribution is 2.39. The quantitative estimate of drug-likeness (QED) is 0.581. The summed E-state index contributed by atoms with van der Waals surface area (Å²) in [6, 6.07) is 20.6. The van der Waals surface area contributed by atoms with E-state index in [9.17, 15) is 4.79 Å². The van der Waals surface area contributed by atoms with Crippen molar-refractivity contribution >= 4 is 23.3 Å². The highest BCUT2D eigenvalue weighted by molar-refractivity contribution is 7.12. The molecule has 3 heterocycles. The molecule has 0 saturated carbocycles. The van der Waals surface area contributed by atoms with Crippen molar-refractivity contribution in [3.8, 4) is 16.9 Å². The molecule has 3 aromatic rings. The smallest absolute Gasteiger partial charge is 0.263 e. The zero-order valence-corrected chi connectivity index (χ0v) is 16.3. The van der Waals surface area contributed by atoms with Crippen LogP contribution in [0, 0.1) is 0 Å². The summed E-state index contributed by atoms with van der Waals surface area (Å²) >= 11 is 1.51. The van der Waals surface area contributed by atoms with E-state index < -0.39 is 0 Å². The highest BCUT2D eigenvalue weighted by Gasteiger charge is 2.38. The second-order valence-corrected chi connectivity index (χ2v) is 8.34. The predicted octanol–water partition coefficient (Wildman–Crippen LogP) is 5.50. The minimum absolute atomic E-state index is 0.137. The number of amides is 1. The van der Waals surface area contributed by atoms with Crippen LogP contribution in [0.25, 0.3) is 17.2 Å². The molecule has 1 amide bonds. The van der Waals surface area contributed by atoms with Crippen LogP contribution in [0.5, 0.6) is 5.75 Å². The van der Waals surface area contributed by atoms with Crippen molar-refractivity contribution in [1.82, 2.24) is 4.90 Å². The van der Waals surface area contributed by atoms with Crippen LogP contribution >= 0.6 is 11.3 Å². The van der Waals surface area contributed by atoms with Gasteiger partial charge < -0.3 is 9.64 Å². The van der Waals surface area contributed by atoms with Gasteiger partial charge in [-0.05, 0) is 40.8 Å². The molecule has 1 fully saturated rings. The molecule has 0 N–H and O–H groups in total. The molecule has 1 saturated heterocycles. The fourth-order valence-corrected chi connectivity index (χ4v) is 4.68. The third kappa shape index (κ3) is 3.14. The number of carbonyl (C=O) groups excluding carboxylic acids is 1. The van der Waals surface area contributed by atoms with Gasteiger partial charge in [0.25, 0.3) is 5.91 Å². The molecule has 3 nitrogen and oxygen atoms in total. The van der Waals surface area contributed by atoms with E-state index in [-0.39, 0.29) is 11.5 Å². The third-order valence-corrected chi connectivity index (χ3v) is 6.48. The van der Waals surface area contributed by atoms with Crippen molar-refractivity contribution in [2.24, 2.45) is 0 Å². The molecule has 0 atom stereocenters. The molecule has 1 aromatic heterocycles. The maximum absolute atomic E-state index is 12.6. The summed E-state index contributed by atoms with van der Waals surface area (Å²) in [6.45, 7) is 1.44. The first-order valence-corrected chi connectivity index (χ1v) is 10.5. The topological polar surface area (TPSA) is 29.5 Å². The lowest BCUT2D eigenvalue weighted by atomic mass is 9.87. The number of carbonyl (C=O) groups is 1. The number of hydrogen-bond donors (Lipinski definition) is 0. The Morgan fingerprint density at radius 3 is 2.54 bits per heavy atom. The summed E-state index contributed by atoms with van der Waals surface area (Å²) in [5.74, 6) is 1.07. The van der Waals surface area contributed by atoms with Gasteiger partial charge in [0.05, 0.1) is 4.88 Å². The molecular formula is C24H21NO2S. The second kappa shape index (κ2) is 6.95. The van der Waals surface area contributed by atoms with Gasteiger partial charge in [0.15, 0.2) is 0 Å². The molecule has 28 heavy (non-hydrogen) atoms. The molecule has 0 aliphatic carbocycles. The maximum atomic E-state index is 12.6. The molecule has 5 rings (SSSR count). The van der Waals surface area contributed by atoms with E-state index in [1.165, 1.54) is 22.5 Å². The number of hydrogen-bond acceptors (Lipinski definition) is 3. The van der Waals surface area contributed by atoms with Crippen molar-refractivity contribution in [3.05, 3.63) is 82.6 Å². The number of thiophene rings is 1. The molecule has 4 heteroatoms. The Morgan fingerprint density at radius 2 is 1.79 bits per heavy atom. The van der Waals surface area contributed by atoms with Gasteiger partial charge >= 0.3 is 0 Å². The molecule has 2 aliphatic heterocycles. The van der Waals surface area contributed by atoms with Crippen LogP contribution in [0.2, 0.25) is 0 Å². The van der Waals surface area contributed by atoms with Crippen LogP contribution in [0.3, 0.4) is 0 Å². The van der Waals surface area contributed by atoms with Gasteiger partial charge in [-0.3, -0.25) is 4.79 Å². The Balaban J connectivity index is 1.32. The van der Waals surface area contributed by atoms with Gasteiger partial charge in [-0.1, -0.05) is 48.5 Å². The first-order valence-electron chi connectivity index (χ1n) is 9.63. The van der Waals surface area contributed by atoms with Crippen LogP contribution in [-0.4, -0.2) is 29.5 Å². The summed E-state index contributed by atoms with van der Waals surface area (Å²) < 4.78 is 6.45.